The van der Waals surface area contributed by atoms with Crippen molar-refractivity contribution in [3.63, 3.8) is 0 Å². The minimum atomic E-state index is -4.63. The molecule has 0 saturated heterocycles. The van der Waals surface area contributed by atoms with E-state index in [0.717, 1.165) is 51.4 Å². The highest BCUT2D eigenvalue weighted by Crippen LogP contribution is 2.43. The first-order chi connectivity index (χ1) is 26.7. The molecule has 0 saturated carbocycles. The largest absolute Gasteiger partial charge is 0.472 e. The van der Waals surface area contributed by atoms with Crippen molar-refractivity contribution in [2.45, 2.75) is 167 Å². The molecule has 0 aromatic heterocycles. The number of phosphoric ester groups is 1. The highest BCUT2D eigenvalue weighted by atomic mass is 31.2. The summed E-state index contributed by atoms with van der Waals surface area (Å²) in [5.41, 5.74) is 0. The van der Waals surface area contributed by atoms with Gasteiger partial charge in [0.15, 0.2) is 6.10 Å². The molecular weight excluding hydrogens is 719 g/mol. The fourth-order valence-corrected chi connectivity index (χ4v) is 5.92. The van der Waals surface area contributed by atoms with Gasteiger partial charge in [-0.3, -0.25) is 18.6 Å². The first kappa shape index (κ1) is 52.4. The maximum Gasteiger partial charge on any atom is 0.472 e. The van der Waals surface area contributed by atoms with E-state index in [1.54, 1.807) is 0 Å². The van der Waals surface area contributed by atoms with Gasteiger partial charge >= 0.3 is 19.8 Å². The minimum absolute atomic E-state index is 0.102. The number of carbonyl (C=O) groups excluding carboxylic acids is 2. The molecule has 0 aromatic rings. The van der Waals surface area contributed by atoms with Crippen molar-refractivity contribution >= 4 is 19.8 Å². The van der Waals surface area contributed by atoms with Crippen molar-refractivity contribution in [2.75, 3.05) is 26.4 Å². The molecular formula is C44H75O10P. The molecule has 0 bridgehead atoms. The predicted octanol–water partition coefficient (Wildman–Crippen LogP) is 10.9. The summed E-state index contributed by atoms with van der Waals surface area (Å²) >= 11 is 0. The molecule has 1 unspecified atom stereocenters. The second kappa shape index (κ2) is 39.6. The Bertz CT molecular complexity index is 1140. The van der Waals surface area contributed by atoms with E-state index in [9.17, 15) is 24.2 Å². The van der Waals surface area contributed by atoms with Gasteiger partial charge in [0.2, 0.25) is 0 Å². The van der Waals surface area contributed by atoms with Gasteiger partial charge in [0.1, 0.15) is 12.7 Å². The predicted molar refractivity (Wildman–Crippen MR) is 223 cm³/mol. The Balaban J connectivity index is 4.43. The third-order valence-corrected chi connectivity index (χ3v) is 9.30. The van der Waals surface area contributed by atoms with Crippen LogP contribution >= 0.6 is 7.82 Å². The van der Waals surface area contributed by atoms with Gasteiger partial charge in [-0.05, 0) is 70.6 Å². The highest BCUT2D eigenvalue weighted by molar-refractivity contribution is 7.47. The number of hydrogen-bond donors (Lipinski definition) is 3. The molecule has 0 aliphatic rings. The van der Waals surface area contributed by atoms with Gasteiger partial charge in [0, 0.05) is 12.8 Å². The molecule has 0 amide bonds. The Morgan fingerprint density at radius 2 is 1.02 bits per heavy atom. The Labute approximate surface area is 333 Å². The number of esters is 2. The standard InChI is InChI=1S/C44H75O10P/c1-3-5-7-9-11-13-15-17-19-20-22-24-26-28-30-32-34-36-44(48)54-42(40-53-55(49,50)52-38-41(46)37-45)39-51-43(47)35-33-31-29-27-25-23-21-18-16-14-12-10-8-6-4-2/h5,7,10-13,17,19,22,24,28,30,41-42,45-46H,3-4,6,8-9,14-16,18,20-21,23,25-27,29,31-40H2,1-2H3,(H,49,50)/b7-5+,12-10+,13-11+,19-17+,24-22+,30-28+/t41-,42+/m0/s1. The van der Waals surface area contributed by atoms with Crippen LogP contribution in [0.5, 0.6) is 0 Å². The summed E-state index contributed by atoms with van der Waals surface area (Å²) in [6, 6.07) is 0. The Kier molecular flexibility index (Phi) is 37.8. The number of hydrogen-bond acceptors (Lipinski definition) is 9. The van der Waals surface area contributed by atoms with Crippen LogP contribution in [0, 0.1) is 0 Å². The van der Waals surface area contributed by atoms with Crippen molar-refractivity contribution in [1.82, 2.24) is 0 Å². The first-order valence-electron chi connectivity index (χ1n) is 20.9. The van der Waals surface area contributed by atoms with E-state index in [2.05, 4.69) is 79.1 Å². The summed E-state index contributed by atoms with van der Waals surface area (Å²) in [6.07, 6.45) is 44.4. The van der Waals surface area contributed by atoms with E-state index in [4.69, 9.17) is 19.1 Å². The van der Waals surface area contributed by atoms with Crippen molar-refractivity contribution < 1.29 is 47.8 Å². The summed E-state index contributed by atoms with van der Waals surface area (Å²) in [6.45, 7) is 2.15. The lowest BCUT2D eigenvalue weighted by atomic mass is 10.1. The average Bonchev–Trinajstić information content (AvgIpc) is 3.17. The lowest BCUT2D eigenvalue weighted by Gasteiger charge is -2.20. The van der Waals surface area contributed by atoms with Crippen LogP contribution in [0.25, 0.3) is 0 Å². The van der Waals surface area contributed by atoms with Crippen molar-refractivity contribution in [3.05, 3.63) is 72.9 Å². The molecule has 0 radical (unpaired) electrons. The monoisotopic (exact) mass is 795 g/mol. The number of rotatable bonds is 38. The molecule has 316 valence electrons. The third kappa shape index (κ3) is 39.4. The topological polar surface area (TPSA) is 149 Å². The summed E-state index contributed by atoms with van der Waals surface area (Å²) in [7, 11) is -4.63. The molecule has 0 aliphatic carbocycles. The lowest BCUT2D eigenvalue weighted by molar-refractivity contribution is -0.161. The zero-order chi connectivity index (χ0) is 40.5. The van der Waals surface area contributed by atoms with Crippen LogP contribution in [-0.4, -0.2) is 65.7 Å². The molecule has 0 spiro atoms. The van der Waals surface area contributed by atoms with E-state index in [1.165, 1.54) is 57.8 Å². The smallest absolute Gasteiger partial charge is 0.462 e. The van der Waals surface area contributed by atoms with Gasteiger partial charge in [-0.2, -0.15) is 0 Å². The van der Waals surface area contributed by atoms with E-state index in [1.807, 2.05) is 12.2 Å². The third-order valence-electron chi connectivity index (χ3n) is 8.34. The van der Waals surface area contributed by atoms with E-state index >= 15 is 0 Å². The Hall–Kier alpha value is -2.59. The zero-order valence-corrected chi connectivity index (χ0v) is 35.0. The molecule has 11 heteroatoms. The van der Waals surface area contributed by atoms with Crippen LogP contribution in [0.15, 0.2) is 72.9 Å². The molecule has 0 aliphatic heterocycles. The molecule has 3 atom stereocenters. The normalized spacial score (nSPS) is 14.6. The van der Waals surface area contributed by atoms with Gasteiger partial charge in [0.25, 0.3) is 0 Å². The molecule has 10 nitrogen and oxygen atoms in total. The van der Waals surface area contributed by atoms with Gasteiger partial charge in [-0.15, -0.1) is 0 Å². The van der Waals surface area contributed by atoms with Gasteiger partial charge in [-0.25, -0.2) is 4.57 Å². The minimum Gasteiger partial charge on any atom is -0.462 e. The van der Waals surface area contributed by atoms with Crippen LogP contribution in [0.2, 0.25) is 0 Å². The van der Waals surface area contributed by atoms with Gasteiger partial charge < -0.3 is 24.6 Å². The molecule has 0 heterocycles. The molecule has 0 rings (SSSR count). The lowest BCUT2D eigenvalue weighted by Crippen LogP contribution is -2.29. The quantitative estimate of drug-likeness (QED) is 0.0239. The summed E-state index contributed by atoms with van der Waals surface area (Å²) in [4.78, 5) is 34.9. The zero-order valence-electron chi connectivity index (χ0n) is 34.1. The fourth-order valence-electron chi connectivity index (χ4n) is 5.13. The second-order valence-electron chi connectivity index (χ2n) is 13.6. The fraction of sp³-hybridized carbons (Fsp3) is 0.682. The van der Waals surface area contributed by atoms with Crippen molar-refractivity contribution in [2.24, 2.45) is 0 Å². The molecule has 55 heavy (non-hydrogen) atoms. The van der Waals surface area contributed by atoms with E-state index in [0.29, 0.717) is 19.3 Å². The summed E-state index contributed by atoms with van der Waals surface area (Å²) in [5.74, 6) is -1.00. The molecule has 0 fully saturated rings. The number of allylic oxidation sites excluding steroid dienone is 12. The highest BCUT2D eigenvalue weighted by Gasteiger charge is 2.27. The van der Waals surface area contributed by atoms with E-state index in [-0.39, 0.29) is 19.4 Å². The maximum absolute atomic E-state index is 12.6. The number of aliphatic hydroxyl groups is 2. The Morgan fingerprint density at radius 1 is 0.564 bits per heavy atom. The van der Waals surface area contributed by atoms with Crippen molar-refractivity contribution in [3.8, 4) is 0 Å². The Morgan fingerprint density at radius 3 is 1.58 bits per heavy atom. The number of unbranched alkanes of at least 4 members (excludes halogenated alkanes) is 12. The van der Waals surface area contributed by atoms with Crippen LogP contribution < -0.4 is 0 Å². The van der Waals surface area contributed by atoms with Gasteiger partial charge in [-0.1, -0.05) is 145 Å². The number of aliphatic hydroxyl groups excluding tert-OH is 2. The number of phosphoric acid groups is 1. The van der Waals surface area contributed by atoms with Crippen LogP contribution in [0.4, 0.5) is 0 Å². The maximum atomic E-state index is 12.6. The summed E-state index contributed by atoms with van der Waals surface area (Å²) < 4.78 is 32.6. The van der Waals surface area contributed by atoms with Gasteiger partial charge in [0.05, 0.1) is 19.8 Å². The SMILES string of the molecule is CC/C=C/C/C=C/C/C=C/C/C=C/C/C=C/CCCC(=O)O[C@H](COC(=O)CCCCCCCCCCC/C=C/CCCC)COP(=O)(O)OC[C@@H](O)CO. The average molecular weight is 795 g/mol. The number of ether oxygens (including phenoxy) is 2. The molecule has 3 N–H and O–H groups in total. The van der Waals surface area contributed by atoms with Crippen LogP contribution in [-0.2, 0) is 32.7 Å². The van der Waals surface area contributed by atoms with Crippen LogP contribution in [0.1, 0.15) is 155 Å². The van der Waals surface area contributed by atoms with E-state index < -0.39 is 51.8 Å². The summed E-state index contributed by atoms with van der Waals surface area (Å²) in [5, 5.41) is 18.3. The number of carbonyl (C=O) groups is 2. The van der Waals surface area contributed by atoms with Crippen molar-refractivity contribution in [1.29, 1.82) is 0 Å². The first-order valence-corrected chi connectivity index (χ1v) is 22.4. The molecule has 0 aromatic carbocycles. The second-order valence-corrected chi connectivity index (χ2v) is 15.1. The van der Waals surface area contributed by atoms with Crippen LogP contribution in [0.3, 0.4) is 0 Å².